The fourth-order valence-corrected chi connectivity index (χ4v) is 4.80. The van der Waals surface area contributed by atoms with Gasteiger partial charge in [-0.2, -0.15) is 17.4 Å². The highest BCUT2D eigenvalue weighted by atomic mass is 32.2. The molecule has 1 saturated carbocycles. The minimum absolute atomic E-state index is 0.00912. The zero-order valence-electron chi connectivity index (χ0n) is 12.6. The summed E-state index contributed by atoms with van der Waals surface area (Å²) in [6.07, 6.45) is 6.16. The Balaban J connectivity index is 1.95. The van der Waals surface area contributed by atoms with Crippen LogP contribution < -0.4 is 4.72 Å². The van der Waals surface area contributed by atoms with Crippen molar-refractivity contribution in [3.63, 3.8) is 0 Å². The van der Waals surface area contributed by atoms with E-state index in [1.165, 1.54) is 4.31 Å². The van der Waals surface area contributed by atoms with Crippen molar-refractivity contribution in [2.75, 3.05) is 13.1 Å². The van der Waals surface area contributed by atoms with Gasteiger partial charge in [-0.25, -0.2) is 0 Å². The maximum absolute atomic E-state index is 12.4. The highest BCUT2D eigenvalue weighted by molar-refractivity contribution is 7.87. The highest BCUT2D eigenvalue weighted by Gasteiger charge is 2.33. The number of rotatable bonds is 4. The van der Waals surface area contributed by atoms with Gasteiger partial charge < -0.3 is 5.11 Å². The van der Waals surface area contributed by atoms with Gasteiger partial charge in [-0.05, 0) is 38.0 Å². The third-order valence-corrected chi connectivity index (χ3v) is 6.29. The monoisotopic (exact) mass is 318 g/mol. The molecule has 2 aliphatic rings. The van der Waals surface area contributed by atoms with E-state index in [2.05, 4.69) is 11.6 Å². The van der Waals surface area contributed by atoms with E-state index in [9.17, 15) is 13.2 Å². The van der Waals surface area contributed by atoms with Gasteiger partial charge in [0.1, 0.15) is 0 Å². The van der Waals surface area contributed by atoms with E-state index in [0.29, 0.717) is 25.3 Å². The Morgan fingerprint density at radius 3 is 2.62 bits per heavy atom. The van der Waals surface area contributed by atoms with Crippen molar-refractivity contribution in [3.8, 4) is 0 Å². The molecule has 122 valence electrons. The molecule has 0 spiro atoms. The molecule has 2 N–H and O–H groups in total. The van der Waals surface area contributed by atoms with E-state index < -0.39 is 22.1 Å². The van der Waals surface area contributed by atoms with E-state index in [0.717, 1.165) is 32.1 Å². The van der Waals surface area contributed by atoms with Crippen molar-refractivity contribution in [2.24, 2.45) is 11.8 Å². The van der Waals surface area contributed by atoms with Gasteiger partial charge in [0.2, 0.25) is 0 Å². The molecule has 0 aromatic carbocycles. The van der Waals surface area contributed by atoms with Crippen LogP contribution in [0.1, 0.15) is 51.9 Å². The summed E-state index contributed by atoms with van der Waals surface area (Å²) in [4.78, 5) is 11.1. The minimum atomic E-state index is -3.56. The lowest BCUT2D eigenvalue weighted by atomic mass is 10.0. The summed E-state index contributed by atoms with van der Waals surface area (Å²) in [7, 11) is -3.56. The maximum Gasteiger partial charge on any atom is 0.307 e. The summed E-state index contributed by atoms with van der Waals surface area (Å²) in [6, 6.07) is -0.00912. The molecule has 21 heavy (non-hydrogen) atoms. The molecular formula is C14H26N2O4S. The normalized spacial score (nSPS) is 32.5. The first-order valence-corrected chi connectivity index (χ1v) is 9.32. The third-order valence-electron chi connectivity index (χ3n) is 4.65. The zero-order valence-corrected chi connectivity index (χ0v) is 13.4. The standard InChI is InChI=1S/C14H26N2O4S/c1-11-4-2-6-13(8-7-11)15-21(19,20)16-9-3-5-12(10-16)14(17)18/h11-13,15H,2-10H2,1H3,(H,17,18). The number of piperidine rings is 1. The molecule has 1 aliphatic carbocycles. The molecule has 0 amide bonds. The number of hydrogen-bond donors (Lipinski definition) is 2. The molecule has 7 heteroatoms. The second-order valence-corrected chi connectivity index (χ2v) is 8.17. The number of carboxylic acid groups (broad SMARTS) is 1. The third kappa shape index (κ3) is 4.66. The van der Waals surface area contributed by atoms with Gasteiger partial charge in [0.05, 0.1) is 5.92 Å². The topological polar surface area (TPSA) is 86.7 Å². The quantitative estimate of drug-likeness (QED) is 0.771. The molecule has 0 aromatic heterocycles. The molecule has 2 fully saturated rings. The van der Waals surface area contributed by atoms with Crippen LogP contribution in [0.15, 0.2) is 0 Å². The molecule has 0 bridgehead atoms. The van der Waals surface area contributed by atoms with Gasteiger partial charge >= 0.3 is 5.97 Å². The van der Waals surface area contributed by atoms with Crippen molar-refractivity contribution in [1.82, 2.24) is 9.03 Å². The van der Waals surface area contributed by atoms with Gasteiger partial charge in [0.15, 0.2) is 0 Å². The van der Waals surface area contributed by atoms with Crippen LogP contribution in [0.2, 0.25) is 0 Å². The number of carbonyl (C=O) groups is 1. The van der Waals surface area contributed by atoms with E-state index >= 15 is 0 Å². The van der Waals surface area contributed by atoms with Crippen LogP contribution in [0.3, 0.4) is 0 Å². The Labute approximate surface area is 127 Å². The summed E-state index contributed by atoms with van der Waals surface area (Å²) in [6.45, 7) is 2.72. The van der Waals surface area contributed by atoms with Crippen molar-refractivity contribution < 1.29 is 18.3 Å². The van der Waals surface area contributed by atoms with Crippen LogP contribution in [0.25, 0.3) is 0 Å². The van der Waals surface area contributed by atoms with E-state index in [4.69, 9.17) is 5.11 Å². The Kier molecular flexibility index (Phi) is 5.62. The van der Waals surface area contributed by atoms with Crippen molar-refractivity contribution >= 4 is 16.2 Å². The summed E-state index contributed by atoms with van der Waals surface area (Å²) in [5, 5.41) is 9.07. The minimum Gasteiger partial charge on any atom is -0.481 e. The Bertz CT molecular complexity index is 466. The lowest BCUT2D eigenvalue weighted by Gasteiger charge is -2.31. The average Bonchev–Trinajstić information content (AvgIpc) is 2.63. The zero-order chi connectivity index (χ0) is 15.5. The number of hydrogen-bond acceptors (Lipinski definition) is 3. The number of nitrogens with zero attached hydrogens (tertiary/aromatic N) is 1. The molecular weight excluding hydrogens is 292 g/mol. The molecule has 1 aliphatic heterocycles. The van der Waals surface area contributed by atoms with Gasteiger partial charge in [-0.3, -0.25) is 4.79 Å². The lowest BCUT2D eigenvalue weighted by molar-refractivity contribution is -0.142. The summed E-state index contributed by atoms with van der Waals surface area (Å²) in [5.74, 6) is -0.825. The molecule has 3 unspecified atom stereocenters. The highest BCUT2D eigenvalue weighted by Crippen LogP contribution is 2.24. The number of nitrogens with one attached hydrogen (secondary N) is 1. The Morgan fingerprint density at radius 1 is 1.14 bits per heavy atom. The lowest BCUT2D eigenvalue weighted by Crippen LogP contribution is -2.50. The van der Waals surface area contributed by atoms with Crippen LogP contribution >= 0.6 is 0 Å². The van der Waals surface area contributed by atoms with Crippen LogP contribution in [0.5, 0.6) is 0 Å². The van der Waals surface area contributed by atoms with E-state index in [1.54, 1.807) is 0 Å². The summed E-state index contributed by atoms with van der Waals surface area (Å²) < 4.78 is 29.0. The molecule has 3 atom stereocenters. The molecule has 0 aromatic rings. The van der Waals surface area contributed by atoms with Crippen LogP contribution in [-0.2, 0) is 15.0 Å². The van der Waals surface area contributed by atoms with Gasteiger partial charge in [-0.1, -0.05) is 19.8 Å². The predicted octanol–water partition coefficient (Wildman–Crippen LogP) is 1.59. The number of aliphatic carboxylic acids is 1. The Hall–Kier alpha value is -0.660. The second kappa shape index (κ2) is 7.07. The summed E-state index contributed by atoms with van der Waals surface area (Å²) in [5.41, 5.74) is 0. The van der Waals surface area contributed by atoms with Crippen molar-refractivity contribution in [2.45, 2.75) is 57.9 Å². The predicted molar refractivity (Wildman–Crippen MR) is 80.0 cm³/mol. The second-order valence-electron chi connectivity index (χ2n) is 6.47. The fraction of sp³-hybridized carbons (Fsp3) is 0.929. The van der Waals surface area contributed by atoms with E-state index in [-0.39, 0.29) is 12.6 Å². The maximum atomic E-state index is 12.4. The van der Waals surface area contributed by atoms with E-state index in [1.807, 2.05) is 0 Å². The van der Waals surface area contributed by atoms with Crippen molar-refractivity contribution in [1.29, 1.82) is 0 Å². The van der Waals surface area contributed by atoms with Crippen LogP contribution in [-0.4, -0.2) is 42.9 Å². The first-order chi connectivity index (χ1) is 9.88. The SMILES string of the molecule is CC1CCCC(NS(=O)(=O)N2CCCC(C(=O)O)C2)CC1. The molecule has 2 rings (SSSR count). The van der Waals surface area contributed by atoms with Gasteiger partial charge in [-0.15, -0.1) is 0 Å². The van der Waals surface area contributed by atoms with Gasteiger partial charge in [0, 0.05) is 19.1 Å². The summed E-state index contributed by atoms with van der Waals surface area (Å²) >= 11 is 0. The first-order valence-electron chi connectivity index (χ1n) is 7.88. The van der Waals surface area contributed by atoms with Crippen LogP contribution in [0, 0.1) is 11.8 Å². The molecule has 1 heterocycles. The van der Waals surface area contributed by atoms with Gasteiger partial charge in [0.25, 0.3) is 10.2 Å². The smallest absolute Gasteiger partial charge is 0.307 e. The Morgan fingerprint density at radius 2 is 1.90 bits per heavy atom. The first kappa shape index (κ1) is 16.7. The van der Waals surface area contributed by atoms with Crippen LogP contribution in [0.4, 0.5) is 0 Å². The molecule has 6 nitrogen and oxygen atoms in total. The fourth-order valence-electron chi connectivity index (χ4n) is 3.25. The van der Waals surface area contributed by atoms with Crippen molar-refractivity contribution in [3.05, 3.63) is 0 Å². The molecule has 1 saturated heterocycles. The largest absolute Gasteiger partial charge is 0.481 e. The number of carboxylic acids is 1. The molecule has 0 radical (unpaired) electrons. The average molecular weight is 318 g/mol.